The zero-order valence-corrected chi connectivity index (χ0v) is 10.5. The minimum atomic E-state index is -0.611. The summed E-state index contributed by atoms with van der Waals surface area (Å²) in [6, 6.07) is 2.91. The number of benzene rings is 1. The second kappa shape index (κ2) is 4.62. The number of aliphatic hydroxyl groups excluding tert-OH is 1. The Labute approximate surface area is 101 Å². The largest absolute Gasteiger partial charge is 0.506 e. The Morgan fingerprint density at radius 3 is 2.38 bits per heavy atom. The average molecular weight is 244 g/mol. The summed E-state index contributed by atoms with van der Waals surface area (Å²) in [4.78, 5) is 0. The Balaban J connectivity index is 3.33. The van der Waals surface area contributed by atoms with E-state index in [9.17, 15) is 5.11 Å². The zero-order chi connectivity index (χ0) is 12.5. The van der Waals surface area contributed by atoms with E-state index in [0.29, 0.717) is 5.56 Å². The van der Waals surface area contributed by atoms with Crippen LogP contribution in [0.2, 0.25) is 5.02 Å². The van der Waals surface area contributed by atoms with Crippen LogP contribution in [0.4, 0.5) is 0 Å². The Morgan fingerprint density at radius 1 is 1.38 bits per heavy atom. The fourth-order valence-corrected chi connectivity index (χ4v) is 1.66. The molecule has 3 nitrogen and oxygen atoms in total. The number of aliphatic hydroxyl groups is 1. The number of phenolic OH excluding ortho intramolecular Hbond substituents is 1. The third kappa shape index (κ3) is 2.67. The van der Waals surface area contributed by atoms with E-state index >= 15 is 0 Å². The quantitative estimate of drug-likeness (QED) is 0.747. The molecule has 0 saturated heterocycles. The third-order valence-corrected chi connectivity index (χ3v) is 2.84. The number of phenols is 1. The average Bonchev–Trinajstić information content (AvgIpc) is 2.19. The maximum Gasteiger partial charge on any atom is 0.139 e. The first-order valence-electron chi connectivity index (χ1n) is 5.16. The molecule has 0 aliphatic carbocycles. The SMILES string of the molecule is CC(C)(C)c1cc(Cl)c(O)c([C@@H](N)CO)c1. The van der Waals surface area contributed by atoms with Gasteiger partial charge >= 0.3 is 0 Å². The van der Waals surface area contributed by atoms with E-state index in [2.05, 4.69) is 0 Å². The highest BCUT2D eigenvalue weighted by Gasteiger charge is 2.20. The van der Waals surface area contributed by atoms with Crippen molar-refractivity contribution >= 4 is 11.6 Å². The van der Waals surface area contributed by atoms with E-state index in [1.54, 1.807) is 12.1 Å². The molecular weight excluding hydrogens is 226 g/mol. The summed E-state index contributed by atoms with van der Waals surface area (Å²) in [5, 5.41) is 19.1. The van der Waals surface area contributed by atoms with Gasteiger partial charge in [-0.2, -0.15) is 0 Å². The van der Waals surface area contributed by atoms with E-state index < -0.39 is 6.04 Å². The number of halogens is 1. The minimum absolute atomic E-state index is 0.0452. The van der Waals surface area contributed by atoms with Gasteiger partial charge in [-0.3, -0.25) is 0 Å². The van der Waals surface area contributed by atoms with Crippen molar-refractivity contribution < 1.29 is 10.2 Å². The Hall–Kier alpha value is -0.770. The maximum absolute atomic E-state index is 9.77. The van der Waals surface area contributed by atoms with Gasteiger partial charge in [-0.05, 0) is 23.1 Å². The maximum atomic E-state index is 9.77. The number of rotatable bonds is 2. The molecule has 0 amide bonds. The van der Waals surface area contributed by atoms with Gasteiger partial charge in [0.05, 0.1) is 17.7 Å². The molecule has 1 rings (SSSR count). The van der Waals surface area contributed by atoms with E-state index in [1.165, 1.54) is 0 Å². The molecular formula is C12H18ClNO2. The lowest BCUT2D eigenvalue weighted by Crippen LogP contribution is -2.17. The third-order valence-electron chi connectivity index (χ3n) is 2.56. The van der Waals surface area contributed by atoms with E-state index in [-0.39, 0.29) is 22.8 Å². The zero-order valence-electron chi connectivity index (χ0n) is 9.79. The number of nitrogens with two attached hydrogens (primary N) is 1. The molecule has 0 bridgehead atoms. The topological polar surface area (TPSA) is 66.5 Å². The molecule has 0 aliphatic heterocycles. The molecule has 1 aromatic rings. The van der Waals surface area contributed by atoms with Crippen LogP contribution < -0.4 is 5.73 Å². The lowest BCUT2D eigenvalue weighted by atomic mass is 9.85. The first kappa shape index (κ1) is 13.3. The molecule has 0 heterocycles. The fraction of sp³-hybridized carbons (Fsp3) is 0.500. The van der Waals surface area contributed by atoms with Gasteiger partial charge in [0.1, 0.15) is 5.75 Å². The molecule has 0 aliphatic rings. The molecule has 0 saturated carbocycles. The lowest BCUT2D eigenvalue weighted by Gasteiger charge is -2.22. The summed E-state index contributed by atoms with van der Waals surface area (Å²) in [5.74, 6) is -0.0452. The van der Waals surface area contributed by atoms with Crippen molar-refractivity contribution in [3.05, 3.63) is 28.3 Å². The summed E-state index contributed by atoms with van der Waals surface area (Å²) >= 11 is 5.94. The molecule has 0 fully saturated rings. The number of aromatic hydroxyl groups is 1. The van der Waals surface area contributed by atoms with E-state index in [0.717, 1.165) is 5.56 Å². The highest BCUT2D eigenvalue weighted by molar-refractivity contribution is 6.32. The van der Waals surface area contributed by atoms with Crippen LogP contribution in [-0.2, 0) is 5.41 Å². The van der Waals surface area contributed by atoms with Gasteiger partial charge in [0.25, 0.3) is 0 Å². The van der Waals surface area contributed by atoms with Crippen molar-refractivity contribution in [1.29, 1.82) is 0 Å². The minimum Gasteiger partial charge on any atom is -0.506 e. The fourth-order valence-electron chi connectivity index (χ4n) is 1.43. The highest BCUT2D eigenvalue weighted by Crippen LogP contribution is 2.36. The molecule has 16 heavy (non-hydrogen) atoms. The van der Waals surface area contributed by atoms with Gasteiger partial charge in [-0.25, -0.2) is 0 Å². The standard InChI is InChI=1S/C12H18ClNO2/c1-12(2,3)7-4-8(10(14)6-15)11(16)9(13)5-7/h4-5,10,15-16H,6,14H2,1-3H3/t10-/m0/s1. The summed E-state index contributed by atoms with van der Waals surface area (Å²) < 4.78 is 0. The van der Waals surface area contributed by atoms with Gasteiger partial charge in [0, 0.05) is 5.56 Å². The van der Waals surface area contributed by atoms with Crippen LogP contribution in [-0.4, -0.2) is 16.8 Å². The van der Waals surface area contributed by atoms with Crippen molar-refractivity contribution in [3.63, 3.8) is 0 Å². The van der Waals surface area contributed by atoms with E-state index in [1.807, 2.05) is 20.8 Å². The Morgan fingerprint density at radius 2 is 1.94 bits per heavy atom. The van der Waals surface area contributed by atoms with Crippen molar-refractivity contribution in [2.75, 3.05) is 6.61 Å². The smallest absolute Gasteiger partial charge is 0.139 e. The molecule has 90 valence electrons. The second-order valence-electron chi connectivity index (χ2n) is 4.93. The summed E-state index contributed by atoms with van der Waals surface area (Å²) in [6.07, 6.45) is 0. The van der Waals surface area contributed by atoms with Gasteiger partial charge in [-0.15, -0.1) is 0 Å². The summed E-state index contributed by atoms with van der Waals surface area (Å²) in [5.41, 5.74) is 7.09. The van der Waals surface area contributed by atoms with Gasteiger partial charge in [-0.1, -0.05) is 32.4 Å². The molecule has 0 aromatic heterocycles. The van der Waals surface area contributed by atoms with Crippen molar-refractivity contribution in [3.8, 4) is 5.75 Å². The normalized spacial score (nSPS) is 13.9. The van der Waals surface area contributed by atoms with Crippen LogP contribution in [0, 0.1) is 0 Å². The van der Waals surface area contributed by atoms with Gasteiger partial charge < -0.3 is 15.9 Å². The van der Waals surface area contributed by atoms with Crippen LogP contribution in [0.5, 0.6) is 5.75 Å². The highest BCUT2D eigenvalue weighted by atomic mass is 35.5. The molecule has 4 heteroatoms. The molecule has 0 unspecified atom stereocenters. The van der Waals surface area contributed by atoms with Gasteiger partial charge in [0.2, 0.25) is 0 Å². The van der Waals surface area contributed by atoms with Gasteiger partial charge in [0.15, 0.2) is 0 Å². The number of hydrogen-bond acceptors (Lipinski definition) is 3. The summed E-state index contributed by atoms with van der Waals surface area (Å²) in [7, 11) is 0. The van der Waals surface area contributed by atoms with Crippen molar-refractivity contribution in [2.45, 2.75) is 32.2 Å². The van der Waals surface area contributed by atoms with Crippen molar-refractivity contribution in [1.82, 2.24) is 0 Å². The van der Waals surface area contributed by atoms with Crippen LogP contribution in [0.25, 0.3) is 0 Å². The predicted molar refractivity (Wildman–Crippen MR) is 65.8 cm³/mol. The van der Waals surface area contributed by atoms with Crippen LogP contribution >= 0.6 is 11.6 Å². The van der Waals surface area contributed by atoms with Crippen LogP contribution in [0.1, 0.15) is 37.9 Å². The molecule has 0 radical (unpaired) electrons. The monoisotopic (exact) mass is 243 g/mol. The lowest BCUT2D eigenvalue weighted by molar-refractivity contribution is 0.265. The van der Waals surface area contributed by atoms with Crippen molar-refractivity contribution in [2.24, 2.45) is 5.73 Å². The second-order valence-corrected chi connectivity index (χ2v) is 5.34. The first-order valence-corrected chi connectivity index (χ1v) is 5.54. The Bertz CT molecular complexity index is 385. The predicted octanol–water partition coefficient (Wildman–Crippen LogP) is 2.34. The van der Waals surface area contributed by atoms with Crippen LogP contribution in [0.15, 0.2) is 12.1 Å². The molecule has 4 N–H and O–H groups in total. The van der Waals surface area contributed by atoms with Crippen LogP contribution in [0.3, 0.4) is 0 Å². The summed E-state index contributed by atoms with van der Waals surface area (Å²) in [6.45, 7) is 5.91. The molecule has 1 atom stereocenters. The molecule has 0 spiro atoms. The van der Waals surface area contributed by atoms with E-state index in [4.69, 9.17) is 22.4 Å². The number of hydrogen-bond donors (Lipinski definition) is 3. The molecule has 1 aromatic carbocycles. The Kier molecular flexibility index (Phi) is 3.84. The first-order chi connectivity index (χ1) is 7.27.